The van der Waals surface area contributed by atoms with Crippen molar-refractivity contribution in [1.29, 1.82) is 0 Å². The SMILES string of the molecule is CCOCC(=O)NOCC(C)C. The van der Waals surface area contributed by atoms with Crippen molar-refractivity contribution in [2.75, 3.05) is 19.8 Å². The van der Waals surface area contributed by atoms with Gasteiger partial charge in [-0.25, -0.2) is 5.48 Å². The molecule has 0 aromatic rings. The van der Waals surface area contributed by atoms with Gasteiger partial charge in [0.05, 0.1) is 6.61 Å². The highest BCUT2D eigenvalue weighted by Crippen LogP contribution is 1.89. The number of hydrogen-bond donors (Lipinski definition) is 1. The molecule has 0 saturated heterocycles. The van der Waals surface area contributed by atoms with E-state index in [2.05, 4.69) is 5.48 Å². The number of carbonyl (C=O) groups is 1. The summed E-state index contributed by atoms with van der Waals surface area (Å²) in [5, 5.41) is 0. The molecular formula is C8H17NO3. The summed E-state index contributed by atoms with van der Waals surface area (Å²) in [6.07, 6.45) is 0. The molecule has 0 aromatic carbocycles. The minimum Gasteiger partial charge on any atom is -0.372 e. The first-order valence-electron chi connectivity index (χ1n) is 4.15. The largest absolute Gasteiger partial charge is 0.372 e. The first kappa shape index (κ1) is 11.4. The summed E-state index contributed by atoms with van der Waals surface area (Å²) in [6, 6.07) is 0. The van der Waals surface area contributed by atoms with E-state index < -0.39 is 0 Å². The molecule has 0 unspecified atom stereocenters. The Hall–Kier alpha value is -0.610. The zero-order valence-corrected chi connectivity index (χ0v) is 7.92. The second-order valence-electron chi connectivity index (χ2n) is 2.87. The molecule has 72 valence electrons. The van der Waals surface area contributed by atoms with Gasteiger partial charge in [-0.2, -0.15) is 0 Å². The van der Waals surface area contributed by atoms with E-state index in [1.54, 1.807) is 0 Å². The van der Waals surface area contributed by atoms with Gasteiger partial charge in [0.2, 0.25) is 0 Å². The van der Waals surface area contributed by atoms with Crippen molar-refractivity contribution in [2.24, 2.45) is 5.92 Å². The molecule has 1 N–H and O–H groups in total. The predicted molar refractivity (Wildman–Crippen MR) is 45.4 cm³/mol. The zero-order valence-electron chi connectivity index (χ0n) is 7.92. The molecule has 0 aliphatic carbocycles. The van der Waals surface area contributed by atoms with Gasteiger partial charge in [-0.05, 0) is 12.8 Å². The highest BCUT2D eigenvalue weighted by molar-refractivity contribution is 5.75. The van der Waals surface area contributed by atoms with Crippen LogP contribution in [0.15, 0.2) is 0 Å². The lowest BCUT2D eigenvalue weighted by atomic mass is 10.2. The third-order valence-electron chi connectivity index (χ3n) is 1.04. The van der Waals surface area contributed by atoms with Crippen LogP contribution in [0.3, 0.4) is 0 Å². The summed E-state index contributed by atoms with van der Waals surface area (Å²) in [4.78, 5) is 15.7. The minimum atomic E-state index is -0.238. The Labute approximate surface area is 73.2 Å². The van der Waals surface area contributed by atoms with Crippen LogP contribution in [0.25, 0.3) is 0 Å². The highest BCUT2D eigenvalue weighted by atomic mass is 16.7. The summed E-state index contributed by atoms with van der Waals surface area (Å²) >= 11 is 0. The fourth-order valence-electron chi connectivity index (χ4n) is 0.513. The average Bonchev–Trinajstić information content (AvgIpc) is 2.00. The fraction of sp³-hybridized carbons (Fsp3) is 0.875. The van der Waals surface area contributed by atoms with Crippen LogP contribution in [0.4, 0.5) is 0 Å². The zero-order chi connectivity index (χ0) is 9.40. The lowest BCUT2D eigenvalue weighted by Crippen LogP contribution is -2.29. The number of amides is 1. The van der Waals surface area contributed by atoms with E-state index in [1.807, 2.05) is 20.8 Å². The number of carbonyl (C=O) groups excluding carboxylic acids is 1. The molecule has 1 amide bonds. The Morgan fingerprint density at radius 3 is 2.67 bits per heavy atom. The van der Waals surface area contributed by atoms with Crippen molar-refractivity contribution in [3.8, 4) is 0 Å². The van der Waals surface area contributed by atoms with Crippen LogP contribution in [-0.4, -0.2) is 25.7 Å². The molecule has 4 heteroatoms. The Balaban J connectivity index is 3.20. The van der Waals surface area contributed by atoms with E-state index in [0.29, 0.717) is 19.1 Å². The standard InChI is InChI=1S/C8H17NO3/c1-4-11-6-8(10)9-12-5-7(2)3/h7H,4-6H2,1-3H3,(H,9,10). The third kappa shape index (κ3) is 7.50. The molecule has 0 spiro atoms. The molecule has 0 aliphatic heterocycles. The second kappa shape index (κ2) is 7.06. The maximum atomic E-state index is 10.8. The lowest BCUT2D eigenvalue weighted by Gasteiger charge is -2.07. The Morgan fingerprint density at radius 2 is 2.17 bits per heavy atom. The molecule has 0 aliphatic rings. The van der Waals surface area contributed by atoms with Crippen molar-refractivity contribution in [3.63, 3.8) is 0 Å². The average molecular weight is 175 g/mol. The molecule has 0 atom stereocenters. The summed E-state index contributed by atoms with van der Waals surface area (Å²) < 4.78 is 4.86. The highest BCUT2D eigenvalue weighted by Gasteiger charge is 2.00. The summed E-state index contributed by atoms with van der Waals surface area (Å²) in [5.41, 5.74) is 2.28. The van der Waals surface area contributed by atoms with Crippen LogP contribution in [0.5, 0.6) is 0 Å². The molecule has 4 nitrogen and oxygen atoms in total. The van der Waals surface area contributed by atoms with Gasteiger partial charge in [-0.15, -0.1) is 0 Å². The van der Waals surface area contributed by atoms with Crippen molar-refractivity contribution in [2.45, 2.75) is 20.8 Å². The van der Waals surface area contributed by atoms with Gasteiger partial charge in [-0.1, -0.05) is 13.8 Å². The van der Waals surface area contributed by atoms with Crippen LogP contribution < -0.4 is 5.48 Å². The first-order chi connectivity index (χ1) is 5.66. The molecule has 0 fully saturated rings. The van der Waals surface area contributed by atoms with Gasteiger partial charge in [-0.3, -0.25) is 9.63 Å². The van der Waals surface area contributed by atoms with E-state index in [1.165, 1.54) is 0 Å². The first-order valence-corrected chi connectivity index (χ1v) is 4.15. The van der Waals surface area contributed by atoms with E-state index >= 15 is 0 Å². The number of ether oxygens (including phenoxy) is 1. The Morgan fingerprint density at radius 1 is 1.50 bits per heavy atom. The van der Waals surface area contributed by atoms with Gasteiger partial charge in [0, 0.05) is 6.61 Å². The summed E-state index contributed by atoms with van der Waals surface area (Å²) in [5.74, 6) is 0.176. The molecule has 0 bridgehead atoms. The third-order valence-corrected chi connectivity index (χ3v) is 1.04. The minimum absolute atomic E-state index is 0.0641. The van der Waals surface area contributed by atoms with Crippen molar-refractivity contribution in [1.82, 2.24) is 5.48 Å². The molecule has 12 heavy (non-hydrogen) atoms. The maximum Gasteiger partial charge on any atom is 0.269 e. The lowest BCUT2D eigenvalue weighted by molar-refractivity contribution is -0.139. The quantitative estimate of drug-likeness (QED) is 0.605. The molecule has 0 heterocycles. The topological polar surface area (TPSA) is 47.6 Å². The summed E-state index contributed by atoms with van der Waals surface area (Å²) in [7, 11) is 0. The number of hydroxylamine groups is 1. The van der Waals surface area contributed by atoms with Crippen molar-refractivity contribution in [3.05, 3.63) is 0 Å². The molecule has 0 aromatic heterocycles. The predicted octanol–water partition coefficient (Wildman–Crippen LogP) is 0.727. The molecule has 0 rings (SSSR count). The van der Waals surface area contributed by atoms with Crippen LogP contribution in [0.1, 0.15) is 20.8 Å². The number of hydrogen-bond acceptors (Lipinski definition) is 3. The summed E-state index contributed by atoms with van der Waals surface area (Å²) in [6.45, 7) is 6.98. The molecule has 0 radical (unpaired) electrons. The Kier molecular flexibility index (Phi) is 6.70. The fourth-order valence-corrected chi connectivity index (χ4v) is 0.513. The molecule has 0 saturated carbocycles. The van der Waals surface area contributed by atoms with Crippen LogP contribution in [0, 0.1) is 5.92 Å². The van der Waals surface area contributed by atoms with Crippen molar-refractivity contribution >= 4 is 5.91 Å². The van der Waals surface area contributed by atoms with E-state index in [9.17, 15) is 4.79 Å². The monoisotopic (exact) mass is 175 g/mol. The normalized spacial score (nSPS) is 10.3. The van der Waals surface area contributed by atoms with E-state index in [0.717, 1.165) is 0 Å². The van der Waals surface area contributed by atoms with Crippen LogP contribution in [0.2, 0.25) is 0 Å². The Bertz CT molecular complexity index is 125. The smallest absolute Gasteiger partial charge is 0.269 e. The van der Waals surface area contributed by atoms with Crippen molar-refractivity contribution < 1.29 is 14.4 Å². The number of rotatable bonds is 6. The van der Waals surface area contributed by atoms with E-state index in [-0.39, 0.29) is 12.5 Å². The van der Waals surface area contributed by atoms with E-state index in [4.69, 9.17) is 9.57 Å². The maximum absolute atomic E-state index is 10.8. The van der Waals surface area contributed by atoms with Crippen LogP contribution >= 0.6 is 0 Å². The second-order valence-corrected chi connectivity index (χ2v) is 2.87. The van der Waals surface area contributed by atoms with Crippen LogP contribution in [-0.2, 0) is 14.4 Å². The van der Waals surface area contributed by atoms with Gasteiger partial charge in [0.1, 0.15) is 6.61 Å². The van der Waals surface area contributed by atoms with Gasteiger partial charge < -0.3 is 4.74 Å². The molecular weight excluding hydrogens is 158 g/mol. The van der Waals surface area contributed by atoms with Gasteiger partial charge in [0.25, 0.3) is 5.91 Å². The van der Waals surface area contributed by atoms with Gasteiger partial charge >= 0.3 is 0 Å². The van der Waals surface area contributed by atoms with Gasteiger partial charge in [0.15, 0.2) is 0 Å². The number of nitrogens with one attached hydrogen (secondary N) is 1.